The van der Waals surface area contributed by atoms with Crippen molar-refractivity contribution in [3.63, 3.8) is 0 Å². The van der Waals surface area contributed by atoms with Crippen LogP contribution in [0.5, 0.6) is 0 Å². The molecule has 0 spiro atoms. The van der Waals surface area contributed by atoms with Gasteiger partial charge in [-0.1, -0.05) is 13.0 Å². The van der Waals surface area contributed by atoms with Crippen LogP contribution in [0.3, 0.4) is 0 Å². The maximum Gasteiger partial charge on any atom is 0.231 e. The molecule has 0 aliphatic heterocycles. The predicted octanol–water partition coefficient (Wildman–Crippen LogP) is 3.24. The number of amides is 2. The highest BCUT2D eigenvalue weighted by Crippen LogP contribution is 2.21. The van der Waals surface area contributed by atoms with Crippen molar-refractivity contribution in [2.24, 2.45) is 5.41 Å². The largest absolute Gasteiger partial charge is 0.326 e. The van der Waals surface area contributed by atoms with Crippen molar-refractivity contribution in [1.82, 2.24) is 0 Å². The Kier molecular flexibility index (Phi) is 5.36. The Morgan fingerprint density at radius 3 is 2.32 bits per heavy atom. The van der Waals surface area contributed by atoms with Gasteiger partial charge in [0.25, 0.3) is 0 Å². The second-order valence-corrected chi connectivity index (χ2v) is 5.22. The Morgan fingerprint density at radius 1 is 1.21 bits per heavy atom. The van der Waals surface area contributed by atoms with Crippen molar-refractivity contribution in [3.8, 4) is 0 Å². The number of alkyl halides is 1. The van der Waals surface area contributed by atoms with Gasteiger partial charge >= 0.3 is 0 Å². The van der Waals surface area contributed by atoms with Crippen LogP contribution in [0.4, 0.5) is 11.4 Å². The van der Waals surface area contributed by atoms with Crippen LogP contribution in [0.15, 0.2) is 24.3 Å². The number of rotatable bonds is 5. The summed E-state index contributed by atoms with van der Waals surface area (Å²) in [4.78, 5) is 23.3. The molecule has 2 amide bonds. The summed E-state index contributed by atoms with van der Waals surface area (Å²) in [5.41, 5.74) is 0.662. The molecule has 1 rings (SSSR count). The van der Waals surface area contributed by atoms with Gasteiger partial charge in [0.15, 0.2) is 0 Å². The van der Waals surface area contributed by atoms with Gasteiger partial charge in [-0.3, -0.25) is 9.59 Å². The minimum Gasteiger partial charge on any atom is -0.326 e. The van der Waals surface area contributed by atoms with Crippen LogP contribution < -0.4 is 10.6 Å². The predicted molar refractivity (Wildman–Crippen MR) is 78.5 cm³/mol. The molecule has 0 saturated heterocycles. The minimum absolute atomic E-state index is 0.0652. The maximum atomic E-state index is 12.0. The number of anilines is 2. The number of halogens is 1. The fraction of sp³-hybridized carbons (Fsp3) is 0.429. The van der Waals surface area contributed by atoms with Crippen LogP contribution in [0.2, 0.25) is 0 Å². The molecule has 19 heavy (non-hydrogen) atoms. The molecule has 0 aliphatic rings. The Bertz CT molecular complexity index is 472. The molecule has 1 aromatic carbocycles. The van der Waals surface area contributed by atoms with E-state index in [-0.39, 0.29) is 17.7 Å². The zero-order valence-electron chi connectivity index (χ0n) is 11.4. The molecule has 0 unspecified atom stereocenters. The summed E-state index contributed by atoms with van der Waals surface area (Å²) < 4.78 is 0. The van der Waals surface area contributed by atoms with Gasteiger partial charge in [0.2, 0.25) is 11.8 Å². The summed E-state index contributed by atoms with van der Waals surface area (Å²) in [5, 5.41) is 5.53. The van der Waals surface area contributed by atoms with Crippen LogP contribution >= 0.6 is 11.6 Å². The van der Waals surface area contributed by atoms with E-state index in [1.165, 1.54) is 0 Å². The van der Waals surface area contributed by atoms with Crippen molar-refractivity contribution in [2.45, 2.75) is 27.2 Å². The van der Waals surface area contributed by atoms with Gasteiger partial charge in [-0.15, -0.1) is 11.6 Å². The molecule has 0 aromatic heterocycles. The number of nitrogens with one attached hydrogen (secondary N) is 2. The molecule has 4 nitrogen and oxygen atoms in total. The molecule has 0 heterocycles. The number of carbonyl (C=O) groups is 2. The fourth-order valence-corrected chi connectivity index (χ4v) is 1.41. The van der Waals surface area contributed by atoms with Gasteiger partial charge in [0.1, 0.15) is 0 Å². The summed E-state index contributed by atoms with van der Waals surface area (Å²) in [7, 11) is 0. The average Bonchev–Trinajstić information content (AvgIpc) is 2.38. The highest BCUT2D eigenvalue weighted by atomic mass is 35.5. The Balaban J connectivity index is 2.77. The van der Waals surface area contributed by atoms with Gasteiger partial charge in [-0.2, -0.15) is 0 Å². The van der Waals surface area contributed by atoms with Crippen LogP contribution in [0, 0.1) is 5.41 Å². The monoisotopic (exact) mass is 282 g/mol. The molecule has 0 bridgehead atoms. The van der Waals surface area contributed by atoms with Crippen molar-refractivity contribution >= 4 is 34.8 Å². The van der Waals surface area contributed by atoms with E-state index in [0.29, 0.717) is 17.8 Å². The van der Waals surface area contributed by atoms with E-state index in [1.807, 2.05) is 0 Å². The lowest BCUT2D eigenvalue weighted by atomic mass is 9.95. The number of hydrogen-bond acceptors (Lipinski definition) is 2. The van der Waals surface area contributed by atoms with E-state index >= 15 is 0 Å². The number of benzene rings is 1. The Labute approximate surface area is 118 Å². The maximum absolute atomic E-state index is 12.0. The molecule has 0 radical (unpaired) electrons. The summed E-state index contributed by atoms with van der Waals surface area (Å²) in [6, 6.07) is 7.03. The second-order valence-electron chi connectivity index (χ2n) is 4.95. The third kappa shape index (κ3) is 4.56. The van der Waals surface area contributed by atoms with Crippen LogP contribution in [-0.4, -0.2) is 17.7 Å². The van der Waals surface area contributed by atoms with Crippen LogP contribution in [0.25, 0.3) is 0 Å². The molecule has 2 N–H and O–H groups in total. The average molecular weight is 283 g/mol. The molecule has 0 fully saturated rings. The van der Waals surface area contributed by atoms with Crippen LogP contribution in [-0.2, 0) is 9.59 Å². The number of carbonyl (C=O) groups excluding carboxylic acids is 2. The molecule has 5 heteroatoms. The van der Waals surface area contributed by atoms with Crippen LogP contribution in [0.1, 0.15) is 27.2 Å². The zero-order valence-corrected chi connectivity index (χ0v) is 12.2. The van der Waals surface area contributed by atoms with Gasteiger partial charge in [-0.05, 0) is 32.0 Å². The fourth-order valence-electron chi connectivity index (χ4n) is 1.29. The first-order valence-electron chi connectivity index (χ1n) is 6.16. The third-order valence-corrected chi connectivity index (χ3v) is 3.34. The standard InChI is InChI=1S/C14H19ClN2O2/c1-4-12(18)16-10-6-5-7-11(8-10)17-13(19)14(2,3)9-15/h5-8H,4,9H2,1-3H3,(H,16,18)(H,17,19). The topological polar surface area (TPSA) is 58.2 Å². The van der Waals surface area contributed by atoms with E-state index < -0.39 is 5.41 Å². The second kappa shape index (κ2) is 6.57. The molecule has 0 saturated carbocycles. The first-order chi connectivity index (χ1) is 8.89. The summed E-state index contributed by atoms with van der Waals surface area (Å²) in [6.45, 7) is 5.33. The first-order valence-corrected chi connectivity index (χ1v) is 6.70. The normalized spacial score (nSPS) is 10.9. The van der Waals surface area contributed by atoms with Crippen molar-refractivity contribution in [1.29, 1.82) is 0 Å². The lowest BCUT2D eigenvalue weighted by Gasteiger charge is -2.20. The summed E-state index contributed by atoms with van der Waals surface area (Å²) >= 11 is 5.76. The number of hydrogen-bond donors (Lipinski definition) is 2. The summed E-state index contributed by atoms with van der Waals surface area (Å²) in [5.74, 6) is 0.0245. The highest BCUT2D eigenvalue weighted by molar-refractivity contribution is 6.20. The van der Waals surface area contributed by atoms with E-state index in [1.54, 1.807) is 45.0 Å². The van der Waals surface area contributed by atoms with E-state index in [0.717, 1.165) is 0 Å². The van der Waals surface area contributed by atoms with Crippen molar-refractivity contribution in [2.75, 3.05) is 16.5 Å². The van der Waals surface area contributed by atoms with E-state index in [2.05, 4.69) is 10.6 Å². The minimum atomic E-state index is -0.635. The lowest BCUT2D eigenvalue weighted by molar-refractivity contribution is -0.123. The summed E-state index contributed by atoms with van der Waals surface area (Å²) in [6.07, 6.45) is 0.413. The quantitative estimate of drug-likeness (QED) is 0.815. The molecule has 0 aliphatic carbocycles. The van der Waals surface area contributed by atoms with E-state index in [4.69, 9.17) is 11.6 Å². The van der Waals surface area contributed by atoms with Crippen molar-refractivity contribution < 1.29 is 9.59 Å². The molecule has 104 valence electrons. The Morgan fingerprint density at radius 2 is 1.79 bits per heavy atom. The van der Waals surface area contributed by atoms with Gasteiger partial charge < -0.3 is 10.6 Å². The van der Waals surface area contributed by atoms with Gasteiger partial charge in [0, 0.05) is 23.7 Å². The van der Waals surface area contributed by atoms with Gasteiger partial charge in [-0.25, -0.2) is 0 Å². The lowest BCUT2D eigenvalue weighted by Crippen LogP contribution is -2.32. The van der Waals surface area contributed by atoms with E-state index in [9.17, 15) is 9.59 Å². The molecule has 1 aromatic rings. The first kappa shape index (κ1) is 15.5. The van der Waals surface area contributed by atoms with Crippen molar-refractivity contribution in [3.05, 3.63) is 24.3 Å². The Hall–Kier alpha value is -1.55. The molecule has 0 atom stereocenters. The third-order valence-electron chi connectivity index (χ3n) is 2.67. The highest BCUT2D eigenvalue weighted by Gasteiger charge is 2.26. The zero-order chi connectivity index (χ0) is 14.5. The van der Waals surface area contributed by atoms with Gasteiger partial charge in [0.05, 0.1) is 5.41 Å². The SMILES string of the molecule is CCC(=O)Nc1cccc(NC(=O)C(C)(C)CCl)c1. The smallest absolute Gasteiger partial charge is 0.231 e. The molecular weight excluding hydrogens is 264 g/mol. The molecular formula is C14H19ClN2O2.